The van der Waals surface area contributed by atoms with Gasteiger partial charge in [0.25, 0.3) is 5.69 Å². The molecule has 82 valence electrons. The minimum absolute atomic E-state index is 0.154. The Balaban J connectivity index is 2.97. The Morgan fingerprint density at radius 1 is 1.47 bits per heavy atom. The van der Waals surface area contributed by atoms with E-state index in [9.17, 15) is 10.1 Å². The van der Waals surface area contributed by atoms with Gasteiger partial charge in [0.15, 0.2) is 0 Å². The Labute approximate surface area is 89.7 Å². The van der Waals surface area contributed by atoms with Gasteiger partial charge in [0.05, 0.1) is 4.92 Å². The van der Waals surface area contributed by atoms with Crippen molar-refractivity contribution in [1.29, 1.82) is 0 Å². The van der Waals surface area contributed by atoms with Crippen LogP contribution in [0.3, 0.4) is 0 Å². The van der Waals surface area contributed by atoms with E-state index in [4.69, 9.17) is 0 Å². The molecule has 0 spiro atoms. The smallest absolute Gasteiger partial charge is 0.269 e. The molecule has 1 aromatic carbocycles. The number of hydrogen-bond donors (Lipinski definition) is 0. The molecule has 0 aliphatic rings. The number of rotatable bonds is 4. The molecule has 4 nitrogen and oxygen atoms in total. The van der Waals surface area contributed by atoms with Crippen LogP contribution in [0.5, 0.6) is 0 Å². The predicted molar refractivity (Wildman–Crippen MR) is 61.4 cm³/mol. The van der Waals surface area contributed by atoms with E-state index >= 15 is 0 Å². The van der Waals surface area contributed by atoms with Crippen molar-refractivity contribution < 1.29 is 4.92 Å². The largest absolute Gasteiger partial charge is 0.374 e. The number of nitro groups is 1. The standard InChI is InChI=1S/C11H16N2O2/c1-4-7-12(3)11-6-5-10(13(14)15)8-9(11)2/h5-6,8H,4,7H2,1-3H3. The summed E-state index contributed by atoms with van der Waals surface area (Å²) in [6, 6.07) is 4.97. The Morgan fingerprint density at radius 2 is 2.13 bits per heavy atom. The molecule has 15 heavy (non-hydrogen) atoms. The number of benzene rings is 1. The summed E-state index contributed by atoms with van der Waals surface area (Å²) in [5, 5.41) is 10.6. The number of aryl methyl sites for hydroxylation is 1. The molecule has 0 saturated carbocycles. The van der Waals surface area contributed by atoms with Crippen LogP contribution in [0, 0.1) is 17.0 Å². The summed E-state index contributed by atoms with van der Waals surface area (Å²) in [5.74, 6) is 0. The minimum atomic E-state index is -0.364. The molecule has 0 atom stereocenters. The fraction of sp³-hybridized carbons (Fsp3) is 0.455. The lowest BCUT2D eigenvalue weighted by atomic mass is 10.1. The normalized spacial score (nSPS) is 10.1. The van der Waals surface area contributed by atoms with Gasteiger partial charge in [-0.3, -0.25) is 10.1 Å². The summed E-state index contributed by atoms with van der Waals surface area (Å²) < 4.78 is 0. The van der Waals surface area contributed by atoms with Crippen molar-refractivity contribution in [3.63, 3.8) is 0 Å². The molecule has 0 saturated heterocycles. The first-order chi connectivity index (χ1) is 7.06. The highest BCUT2D eigenvalue weighted by molar-refractivity contribution is 5.56. The van der Waals surface area contributed by atoms with Gasteiger partial charge in [-0.05, 0) is 25.0 Å². The second-order valence-corrected chi connectivity index (χ2v) is 3.65. The molecule has 0 heterocycles. The third kappa shape index (κ3) is 2.68. The zero-order valence-electron chi connectivity index (χ0n) is 9.36. The SMILES string of the molecule is CCCN(C)c1ccc([N+](=O)[O-])cc1C. The third-order valence-electron chi connectivity index (χ3n) is 2.36. The van der Waals surface area contributed by atoms with Crippen LogP contribution < -0.4 is 4.90 Å². The molecule has 0 bridgehead atoms. The van der Waals surface area contributed by atoms with Crippen LogP contribution in [0.4, 0.5) is 11.4 Å². The van der Waals surface area contributed by atoms with E-state index in [1.807, 2.05) is 20.0 Å². The highest BCUT2D eigenvalue weighted by Crippen LogP contribution is 2.23. The van der Waals surface area contributed by atoms with Gasteiger partial charge in [-0.1, -0.05) is 6.92 Å². The molecule has 0 fully saturated rings. The average Bonchev–Trinajstić information content (AvgIpc) is 2.17. The highest BCUT2D eigenvalue weighted by Gasteiger charge is 2.09. The number of hydrogen-bond acceptors (Lipinski definition) is 3. The van der Waals surface area contributed by atoms with Gasteiger partial charge in [0.1, 0.15) is 0 Å². The average molecular weight is 208 g/mol. The van der Waals surface area contributed by atoms with Crippen molar-refractivity contribution in [2.45, 2.75) is 20.3 Å². The molecule has 0 amide bonds. The summed E-state index contributed by atoms with van der Waals surface area (Å²) >= 11 is 0. The zero-order chi connectivity index (χ0) is 11.4. The molecule has 1 aromatic rings. The maximum absolute atomic E-state index is 10.6. The van der Waals surface area contributed by atoms with Crippen molar-refractivity contribution in [2.75, 3.05) is 18.5 Å². The first-order valence-electron chi connectivity index (χ1n) is 5.02. The minimum Gasteiger partial charge on any atom is -0.374 e. The van der Waals surface area contributed by atoms with Gasteiger partial charge >= 0.3 is 0 Å². The monoisotopic (exact) mass is 208 g/mol. The molecular formula is C11H16N2O2. The first-order valence-corrected chi connectivity index (χ1v) is 5.02. The summed E-state index contributed by atoms with van der Waals surface area (Å²) in [6.07, 6.45) is 1.06. The van der Waals surface area contributed by atoms with Crippen LogP contribution in [0.2, 0.25) is 0 Å². The van der Waals surface area contributed by atoms with E-state index in [1.54, 1.807) is 12.1 Å². The van der Waals surface area contributed by atoms with Crippen LogP contribution in [-0.4, -0.2) is 18.5 Å². The number of non-ortho nitro benzene ring substituents is 1. The van der Waals surface area contributed by atoms with Crippen molar-refractivity contribution in [1.82, 2.24) is 0 Å². The molecule has 0 N–H and O–H groups in total. The van der Waals surface area contributed by atoms with E-state index in [0.29, 0.717) is 0 Å². The Hall–Kier alpha value is -1.58. The summed E-state index contributed by atoms with van der Waals surface area (Å²) in [6.45, 7) is 4.96. The van der Waals surface area contributed by atoms with Gasteiger partial charge in [0, 0.05) is 31.4 Å². The quantitative estimate of drug-likeness (QED) is 0.564. The molecule has 0 aliphatic carbocycles. The second kappa shape index (κ2) is 4.77. The number of anilines is 1. The van der Waals surface area contributed by atoms with E-state index in [0.717, 1.165) is 24.2 Å². The van der Waals surface area contributed by atoms with Gasteiger partial charge in [-0.15, -0.1) is 0 Å². The van der Waals surface area contributed by atoms with Crippen molar-refractivity contribution in [2.24, 2.45) is 0 Å². The van der Waals surface area contributed by atoms with E-state index < -0.39 is 0 Å². The van der Waals surface area contributed by atoms with E-state index in [2.05, 4.69) is 11.8 Å². The summed E-state index contributed by atoms with van der Waals surface area (Å²) in [4.78, 5) is 12.3. The maximum Gasteiger partial charge on any atom is 0.269 e. The lowest BCUT2D eigenvalue weighted by Gasteiger charge is -2.20. The predicted octanol–water partition coefficient (Wildman–Crippen LogP) is 2.75. The second-order valence-electron chi connectivity index (χ2n) is 3.65. The Bertz CT molecular complexity index is 364. The summed E-state index contributed by atoms with van der Waals surface area (Å²) in [7, 11) is 2.00. The van der Waals surface area contributed by atoms with Crippen molar-refractivity contribution in [3.8, 4) is 0 Å². The van der Waals surface area contributed by atoms with E-state index in [-0.39, 0.29) is 10.6 Å². The fourth-order valence-electron chi connectivity index (χ4n) is 1.64. The lowest BCUT2D eigenvalue weighted by molar-refractivity contribution is -0.384. The van der Waals surface area contributed by atoms with Gasteiger partial charge in [0.2, 0.25) is 0 Å². The van der Waals surface area contributed by atoms with Gasteiger partial charge < -0.3 is 4.90 Å². The lowest BCUT2D eigenvalue weighted by Crippen LogP contribution is -2.18. The first kappa shape index (κ1) is 11.5. The van der Waals surface area contributed by atoms with Crippen molar-refractivity contribution in [3.05, 3.63) is 33.9 Å². The Kier molecular flexibility index (Phi) is 3.66. The summed E-state index contributed by atoms with van der Waals surface area (Å²) in [5.41, 5.74) is 2.16. The maximum atomic E-state index is 10.6. The highest BCUT2D eigenvalue weighted by atomic mass is 16.6. The molecule has 0 unspecified atom stereocenters. The van der Waals surface area contributed by atoms with Crippen LogP contribution >= 0.6 is 0 Å². The molecule has 0 radical (unpaired) electrons. The van der Waals surface area contributed by atoms with Gasteiger partial charge in [-0.25, -0.2) is 0 Å². The molecular weight excluding hydrogens is 192 g/mol. The van der Waals surface area contributed by atoms with Crippen LogP contribution in [0.25, 0.3) is 0 Å². The van der Waals surface area contributed by atoms with E-state index in [1.165, 1.54) is 0 Å². The molecule has 0 aliphatic heterocycles. The Morgan fingerprint density at radius 3 is 2.60 bits per heavy atom. The number of nitrogens with zero attached hydrogens (tertiary/aromatic N) is 2. The molecule has 4 heteroatoms. The fourth-order valence-corrected chi connectivity index (χ4v) is 1.64. The van der Waals surface area contributed by atoms with Gasteiger partial charge in [-0.2, -0.15) is 0 Å². The molecule has 0 aromatic heterocycles. The van der Waals surface area contributed by atoms with Crippen molar-refractivity contribution >= 4 is 11.4 Å². The zero-order valence-corrected chi connectivity index (χ0v) is 9.36. The number of nitro benzene ring substituents is 1. The molecule has 1 rings (SSSR count). The topological polar surface area (TPSA) is 46.4 Å². The third-order valence-corrected chi connectivity index (χ3v) is 2.36. The van der Waals surface area contributed by atoms with Crippen LogP contribution in [-0.2, 0) is 0 Å². The van der Waals surface area contributed by atoms with Crippen LogP contribution in [0.15, 0.2) is 18.2 Å². The van der Waals surface area contributed by atoms with Crippen LogP contribution in [0.1, 0.15) is 18.9 Å².